The zero-order valence-electron chi connectivity index (χ0n) is 15.8. The number of hydrogen-bond donors (Lipinski definition) is 1. The fraction of sp³-hybridized carbons (Fsp3) is 0.300. The number of carbonyl (C=O) groups excluding carboxylic acids is 2. The minimum absolute atomic E-state index is 0.0653. The van der Waals surface area contributed by atoms with Gasteiger partial charge in [-0.3, -0.25) is 14.5 Å². The van der Waals surface area contributed by atoms with Gasteiger partial charge in [0.05, 0.1) is 24.6 Å². The number of benzene rings is 2. The molecule has 2 aromatic rings. The lowest BCUT2D eigenvalue weighted by Gasteiger charge is -2.24. The molecule has 0 aromatic heterocycles. The Morgan fingerprint density at radius 3 is 2.48 bits per heavy atom. The van der Waals surface area contributed by atoms with Gasteiger partial charge in [0.1, 0.15) is 18.0 Å². The van der Waals surface area contributed by atoms with Crippen molar-refractivity contribution >= 4 is 34.8 Å². The second-order valence-electron chi connectivity index (χ2n) is 6.13. The van der Waals surface area contributed by atoms with Gasteiger partial charge in [0.15, 0.2) is 0 Å². The molecule has 0 spiro atoms. The lowest BCUT2D eigenvalue weighted by molar-refractivity contribution is -0.120. The number of amides is 2. The summed E-state index contributed by atoms with van der Waals surface area (Å²) in [7, 11) is 1.50. The van der Waals surface area contributed by atoms with Crippen molar-refractivity contribution in [2.75, 3.05) is 23.9 Å². The van der Waals surface area contributed by atoms with Crippen molar-refractivity contribution in [3.05, 3.63) is 47.5 Å². The normalized spacial score (nSPS) is 10.4. The minimum Gasteiger partial charge on any atom is -0.495 e. The van der Waals surface area contributed by atoms with Gasteiger partial charge in [-0.25, -0.2) is 0 Å². The van der Waals surface area contributed by atoms with E-state index in [9.17, 15) is 9.59 Å². The smallest absolute Gasteiger partial charge is 0.244 e. The van der Waals surface area contributed by atoms with Crippen LogP contribution in [0.4, 0.5) is 11.4 Å². The van der Waals surface area contributed by atoms with Crippen LogP contribution in [0.25, 0.3) is 0 Å². The maximum atomic E-state index is 12.6. The first-order valence-electron chi connectivity index (χ1n) is 8.49. The Labute approximate surface area is 164 Å². The van der Waals surface area contributed by atoms with Crippen LogP contribution in [0.3, 0.4) is 0 Å². The molecular weight excluding hydrogens is 368 g/mol. The maximum absolute atomic E-state index is 12.6. The molecule has 1 N–H and O–H groups in total. The summed E-state index contributed by atoms with van der Waals surface area (Å²) >= 11 is 5.99. The van der Waals surface area contributed by atoms with Crippen LogP contribution in [0.15, 0.2) is 42.5 Å². The van der Waals surface area contributed by atoms with Gasteiger partial charge in [0.25, 0.3) is 0 Å². The molecule has 0 radical (unpaired) electrons. The summed E-state index contributed by atoms with van der Waals surface area (Å²) in [6.45, 7) is 5.02. The van der Waals surface area contributed by atoms with Gasteiger partial charge < -0.3 is 14.8 Å². The van der Waals surface area contributed by atoms with Crippen LogP contribution in [0.2, 0.25) is 5.02 Å². The van der Waals surface area contributed by atoms with Crippen molar-refractivity contribution in [1.29, 1.82) is 0 Å². The molecule has 0 bridgehead atoms. The monoisotopic (exact) mass is 390 g/mol. The molecule has 7 heteroatoms. The van der Waals surface area contributed by atoms with E-state index in [-0.39, 0.29) is 24.5 Å². The third-order valence-electron chi connectivity index (χ3n) is 3.64. The number of halogens is 1. The standard InChI is InChI=1S/C20H23ClN2O4/c1-13(2)27-19-8-6-5-7-17(19)23(14(3)24)12-20(25)22-16-11-15(21)9-10-18(16)26-4/h5-11,13H,12H2,1-4H3,(H,22,25). The van der Waals surface area contributed by atoms with E-state index < -0.39 is 0 Å². The Kier molecular flexibility index (Phi) is 7.07. The summed E-state index contributed by atoms with van der Waals surface area (Å²) in [6.07, 6.45) is -0.0653. The van der Waals surface area contributed by atoms with Crippen molar-refractivity contribution in [2.45, 2.75) is 26.9 Å². The highest BCUT2D eigenvalue weighted by Crippen LogP contribution is 2.30. The number of anilines is 2. The first kappa shape index (κ1) is 20.6. The summed E-state index contributed by atoms with van der Waals surface area (Å²) in [6, 6.07) is 12.0. The lowest BCUT2D eigenvalue weighted by Crippen LogP contribution is -2.37. The largest absolute Gasteiger partial charge is 0.495 e. The average Bonchev–Trinajstić information content (AvgIpc) is 2.60. The van der Waals surface area contributed by atoms with Crippen molar-refractivity contribution in [2.24, 2.45) is 0 Å². The van der Waals surface area contributed by atoms with Crippen LogP contribution in [-0.4, -0.2) is 31.6 Å². The van der Waals surface area contributed by atoms with E-state index in [0.29, 0.717) is 27.9 Å². The van der Waals surface area contributed by atoms with Crippen molar-refractivity contribution in [3.63, 3.8) is 0 Å². The maximum Gasteiger partial charge on any atom is 0.244 e. The number of ether oxygens (including phenoxy) is 2. The zero-order chi connectivity index (χ0) is 20.0. The molecule has 0 aliphatic carbocycles. The summed E-state index contributed by atoms with van der Waals surface area (Å²) < 4.78 is 11.0. The topological polar surface area (TPSA) is 67.9 Å². The molecule has 0 fully saturated rings. The number of rotatable bonds is 7. The molecule has 6 nitrogen and oxygen atoms in total. The van der Waals surface area contributed by atoms with E-state index in [1.165, 1.54) is 18.9 Å². The van der Waals surface area contributed by atoms with Gasteiger partial charge >= 0.3 is 0 Å². The van der Waals surface area contributed by atoms with E-state index in [4.69, 9.17) is 21.1 Å². The van der Waals surface area contributed by atoms with Crippen molar-refractivity contribution in [1.82, 2.24) is 0 Å². The van der Waals surface area contributed by atoms with Crippen LogP contribution in [0.5, 0.6) is 11.5 Å². The third-order valence-corrected chi connectivity index (χ3v) is 3.87. The Hall–Kier alpha value is -2.73. The second-order valence-corrected chi connectivity index (χ2v) is 6.57. The highest BCUT2D eigenvalue weighted by Gasteiger charge is 2.20. The van der Waals surface area contributed by atoms with Gasteiger partial charge in [-0.2, -0.15) is 0 Å². The average molecular weight is 391 g/mol. The van der Waals surface area contributed by atoms with Crippen molar-refractivity contribution < 1.29 is 19.1 Å². The fourth-order valence-electron chi connectivity index (χ4n) is 2.51. The van der Waals surface area contributed by atoms with Gasteiger partial charge in [0, 0.05) is 11.9 Å². The molecule has 0 aliphatic rings. The number of nitrogens with zero attached hydrogens (tertiary/aromatic N) is 1. The molecule has 0 saturated carbocycles. The molecule has 0 heterocycles. The molecule has 0 aliphatic heterocycles. The van der Waals surface area contributed by atoms with E-state index in [2.05, 4.69) is 5.32 Å². The van der Waals surface area contributed by atoms with Crippen LogP contribution < -0.4 is 19.7 Å². The number of nitrogens with one attached hydrogen (secondary N) is 1. The van der Waals surface area contributed by atoms with Crippen LogP contribution in [-0.2, 0) is 9.59 Å². The highest BCUT2D eigenvalue weighted by atomic mass is 35.5. The van der Waals surface area contributed by atoms with Gasteiger partial charge in [-0.05, 0) is 44.2 Å². The Morgan fingerprint density at radius 1 is 1.15 bits per heavy atom. The molecule has 2 amide bonds. The number of carbonyl (C=O) groups is 2. The fourth-order valence-corrected chi connectivity index (χ4v) is 2.68. The van der Waals surface area contributed by atoms with E-state index >= 15 is 0 Å². The van der Waals surface area contributed by atoms with Crippen LogP contribution in [0, 0.1) is 0 Å². The molecular formula is C20H23ClN2O4. The van der Waals surface area contributed by atoms with Crippen LogP contribution >= 0.6 is 11.6 Å². The minimum atomic E-state index is -0.384. The van der Waals surface area contributed by atoms with Crippen molar-refractivity contribution in [3.8, 4) is 11.5 Å². The Balaban J connectivity index is 2.24. The number of para-hydroxylation sites is 2. The Bertz CT molecular complexity index is 823. The number of hydrogen-bond acceptors (Lipinski definition) is 4. The lowest BCUT2D eigenvalue weighted by atomic mass is 10.2. The zero-order valence-corrected chi connectivity index (χ0v) is 16.5. The third kappa shape index (κ3) is 5.62. The summed E-state index contributed by atoms with van der Waals surface area (Å²) in [5.74, 6) is 0.356. The van der Waals surface area contributed by atoms with Gasteiger partial charge in [-0.1, -0.05) is 23.7 Å². The van der Waals surface area contributed by atoms with Gasteiger partial charge in [-0.15, -0.1) is 0 Å². The van der Waals surface area contributed by atoms with Gasteiger partial charge in [0.2, 0.25) is 11.8 Å². The van der Waals surface area contributed by atoms with E-state index in [1.54, 1.807) is 36.4 Å². The molecule has 0 saturated heterocycles. The second kappa shape index (κ2) is 9.28. The van der Waals surface area contributed by atoms with Crippen LogP contribution in [0.1, 0.15) is 20.8 Å². The molecule has 144 valence electrons. The van der Waals surface area contributed by atoms with E-state index in [1.807, 2.05) is 19.9 Å². The quantitative estimate of drug-likeness (QED) is 0.771. The molecule has 0 atom stereocenters. The SMILES string of the molecule is COc1ccc(Cl)cc1NC(=O)CN(C(C)=O)c1ccccc1OC(C)C. The summed E-state index contributed by atoms with van der Waals surface area (Å²) in [5.41, 5.74) is 0.970. The summed E-state index contributed by atoms with van der Waals surface area (Å²) in [5, 5.41) is 3.20. The van der Waals surface area contributed by atoms with E-state index in [0.717, 1.165) is 0 Å². The highest BCUT2D eigenvalue weighted by molar-refractivity contribution is 6.31. The molecule has 2 rings (SSSR count). The predicted molar refractivity (Wildman–Crippen MR) is 107 cm³/mol. The molecule has 2 aromatic carbocycles. The first-order chi connectivity index (χ1) is 12.8. The number of methoxy groups -OCH3 is 1. The summed E-state index contributed by atoms with van der Waals surface area (Å²) in [4.78, 5) is 26.1. The predicted octanol–water partition coefficient (Wildman–Crippen LogP) is 4.13. The molecule has 27 heavy (non-hydrogen) atoms. The Morgan fingerprint density at radius 2 is 1.85 bits per heavy atom. The molecule has 0 unspecified atom stereocenters. The first-order valence-corrected chi connectivity index (χ1v) is 8.86.